The molecule has 1 fully saturated rings. The third-order valence-corrected chi connectivity index (χ3v) is 4.08. The molecule has 0 aromatic heterocycles. The van der Waals surface area contributed by atoms with Gasteiger partial charge in [-0.05, 0) is 31.0 Å². The fourth-order valence-electron chi connectivity index (χ4n) is 1.92. The van der Waals surface area contributed by atoms with Gasteiger partial charge in [-0.3, -0.25) is 9.59 Å². The first kappa shape index (κ1) is 15.8. The molecule has 0 aliphatic heterocycles. The normalized spacial score (nSPS) is 14.0. The van der Waals surface area contributed by atoms with E-state index in [-0.39, 0.29) is 24.9 Å². The minimum atomic E-state index is -1.02. The quantitative estimate of drug-likeness (QED) is 0.786. The molecule has 114 valence electrons. The van der Waals surface area contributed by atoms with Gasteiger partial charge in [0.15, 0.2) is 11.6 Å². The molecule has 21 heavy (non-hydrogen) atoms. The molecule has 7 heteroatoms. The molecule has 1 aromatic carbocycles. The zero-order chi connectivity index (χ0) is 15.4. The monoisotopic (exact) mass is 315 g/mol. The molecule has 1 saturated carbocycles. The van der Waals surface area contributed by atoms with E-state index in [1.54, 1.807) is 0 Å². The Labute approximate surface area is 125 Å². The van der Waals surface area contributed by atoms with Crippen molar-refractivity contribution in [3.05, 3.63) is 29.8 Å². The summed E-state index contributed by atoms with van der Waals surface area (Å²) in [6.45, 7) is -0.278. The molecule has 0 atom stereocenters. The standard InChI is InChI=1S/C14H15F2NO3S/c15-11-4-3-10(7-12(11)16)21-6-5-13(18)17(8-14(19)20)9-1-2-9/h3-4,7,9H,1-2,5-6,8H2,(H,19,20). The summed E-state index contributed by atoms with van der Waals surface area (Å²) in [5, 5.41) is 8.79. The van der Waals surface area contributed by atoms with Crippen LogP contribution in [0.2, 0.25) is 0 Å². The second-order valence-corrected chi connectivity index (χ2v) is 5.99. The molecular weight excluding hydrogens is 300 g/mol. The van der Waals surface area contributed by atoms with E-state index in [1.165, 1.54) is 22.7 Å². The molecule has 2 rings (SSSR count). The highest BCUT2D eigenvalue weighted by Gasteiger charge is 2.33. The van der Waals surface area contributed by atoms with Gasteiger partial charge >= 0.3 is 5.97 Å². The van der Waals surface area contributed by atoms with Crippen molar-refractivity contribution in [2.24, 2.45) is 0 Å². The average Bonchev–Trinajstić information content (AvgIpc) is 3.24. The number of rotatable bonds is 7. The highest BCUT2D eigenvalue weighted by molar-refractivity contribution is 7.99. The Morgan fingerprint density at radius 2 is 2.00 bits per heavy atom. The number of hydrogen-bond acceptors (Lipinski definition) is 3. The molecule has 1 amide bonds. The van der Waals surface area contributed by atoms with Crippen LogP contribution in [-0.4, -0.2) is 40.2 Å². The molecule has 1 N–H and O–H groups in total. The number of thioether (sulfide) groups is 1. The molecule has 0 saturated heterocycles. The Hall–Kier alpha value is -1.63. The molecule has 0 heterocycles. The van der Waals surface area contributed by atoms with Crippen LogP contribution in [-0.2, 0) is 9.59 Å². The predicted molar refractivity (Wildman–Crippen MR) is 74.1 cm³/mol. The molecule has 0 spiro atoms. The highest BCUT2D eigenvalue weighted by Crippen LogP contribution is 2.28. The average molecular weight is 315 g/mol. The van der Waals surface area contributed by atoms with E-state index in [1.807, 2.05) is 0 Å². The molecule has 0 unspecified atom stereocenters. The Morgan fingerprint density at radius 1 is 1.29 bits per heavy atom. The minimum Gasteiger partial charge on any atom is -0.480 e. The van der Waals surface area contributed by atoms with Crippen molar-refractivity contribution in [2.45, 2.75) is 30.2 Å². The molecule has 0 bridgehead atoms. The first-order chi connectivity index (χ1) is 9.97. The smallest absolute Gasteiger partial charge is 0.323 e. The van der Waals surface area contributed by atoms with E-state index in [2.05, 4.69) is 0 Å². The number of halogens is 2. The summed E-state index contributed by atoms with van der Waals surface area (Å²) < 4.78 is 25.8. The Kier molecular flexibility index (Phi) is 5.17. The van der Waals surface area contributed by atoms with Gasteiger partial charge in [0.25, 0.3) is 0 Å². The summed E-state index contributed by atoms with van der Waals surface area (Å²) in [7, 11) is 0. The van der Waals surface area contributed by atoms with Crippen LogP contribution in [0.5, 0.6) is 0 Å². The maximum Gasteiger partial charge on any atom is 0.323 e. The second kappa shape index (κ2) is 6.89. The number of carboxylic acids is 1. The Morgan fingerprint density at radius 3 is 2.57 bits per heavy atom. The van der Waals surface area contributed by atoms with E-state index < -0.39 is 17.6 Å². The van der Waals surface area contributed by atoms with E-state index in [0.29, 0.717) is 10.6 Å². The van der Waals surface area contributed by atoms with E-state index >= 15 is 0 Å². The summed E-state index contributed by atoms with van der Waals surface area (Å²) >= 11 is 1.24. The number of carboxylic acid groups (broad SMARTS) is 1. The van der Waals surface area contributed by atoms with E-state index in [0.717, 1.165) is 25.0 Å². The van der Waals surface area contributed by atoms with Crippen molar-refractivity contribution >= 4 is 23.6 Å². The van der Waals surface area contributed by atoms with Crippen LogP contribution in [0.4, 0.5) is 8.78 Å². The van der Waals surface area contributed by atoms with Crippen LogP contribution in [0.1, 0.15) is 19.3 Å². The molecular formula is C14H15F2NO3S. The van der Waals surface area contributed by atoms with Gasteiger partial charge in [0.2, 0.25) is 5.91 Å². The third-order valence-electron chi connectivity index (χ3n) is 3.09. The van der Waals surface area contributed by atoms with Crippen molar-refractivity contribution in [1.29, 1.82) is 0 Å². The van der Waals surface area contributed by atoms with Gasteiger partial charge < -0.3 is 10.0 Å². The second-order valence-electron chi connectivity index (χ2n) is 4.82. The lowest BCUT2D eigenvalue weighted by Crippen LogP contribution is -2.37. The molecule has 1 aliphatic rings. The number of hydrogen-bond donors (Lipinski definition) is 1. The largest absolute Gasteiger partial charge is 0.480 e. The van der Waals surface area contributed by atoms with E-state index in [9.17, 15) is 18.4 Å². The highest BCUT2D eigenvalue weighted by atomic mass is 32.2. The van der Waals surface area contributed by atoms with Gasteiger partial charge in [0.1, 0.15) is 6.54 Å². The fourth-order valence-corrected chi connectivity index (χ4v) is 2.78. The summed E-state index contributed by atoms with van der Waals surface area (Å²) in [5.41, 5.74) is 0. The lowest BCUT2D eigenvalue weighted by atomic mass is 10.3. The number of amides is 1. The summed E-state index contributed by atoms with van der Waals surface area (Å²) in [5.74, 6) is -2.67. The molecule has 1 aliphatic carbocycles. The van der Waals surface area contributed by atoms with Gasteiger partial charge in [-0.2, -0.15) is 0 Å². The van der Waals surface area contributed by atoms with Gasteiger partial charge in [-0.1, -0.05) is 0 Å². The fraction of sp³-hybridized carbons (Fsp3) is 0.429. The van der Waals surface area contributed by atoms with Gasteiger partial charge in [0.05, 0.1) is 0 Å². The Balaban J connectivity index is 1.82. The van der Waals surface area contributed by atoms with Gasteiger partial charge in [0, 0.05) is 23.1 Å². The third kappa shape index (κ3) is 4.70. The van der Waals surface area contributed by atoms with Crippen LogP contribution < -0.4 is 0 Å². The van der Waals surface area contributed by atoms with Gasteiger partial charge in [-0.25, -0.2) is 8.78 Å². The van der Waals surface area contributed by atoms with Crippen molar-refractivity contribution in [3.8, 4) is 0 Å². The topological polar surface area (TPSA) is 57.6 Å². The van der Waals surface area contributed by atoms with Crippen LogP contribution in [0.25, 0.3) is 0 Å². The Bertz CT molecular complexity index is 549. The van der Waals surface area contributed by atoms with Crippen LogP contribution in [0.15, 0.2) is 23.1 Å². The summed E-state index contributed by atoms with van der Waals surface area (Å²) in [6, 6.07) is 3.62. The molecule has 4 nitrogen and oxygen atoms in total. The summed E-state index contributed by atoms with van der Waals surface area (Å²) in [6.07, 6.45) is 1.86. The SMILES string of the molecule is O=C(O)CN(C(=O)CCSc1ccc(F)c(F)c1)C1CC1. The minimum absolute atomic E-state index is 0.0434. The van der Waals surface area contributed by atoms with Crippen molar-refractivity contribution in [3.63, 3.8) is 0 Å². The van der Waals surface area contributed by atoms with Crippen molar-refractivity contribution in [1.82, 2.24) is 4.90 Å². The number of benzene rings is 1. The zero-order valence-electron chi connectivity index (χ0n) is 11.2. The number of carbonyl (C=O) groups is 2. The van der Waals surface area contributed by atoms with Crippen molar-refractivity contribution in [2.75, 3.05) is 12.3 Å². The van der Waals surface area contributed by atoms with Crippen molar-refractivity contribution < 1.29 is 23.5 Å². The maximum absolute atomic E-state index is 13.0. The van der Waals surface area contributed by atoms with Gasteiger partial charge in [-0.15, -0.1) is 11.8 Å². The first-order valence-corrected chi connectivity index (χ1v) is 7.55. The maximum atomic E-state index is 13.0. The van der Waals surface area contributed by atoms with E-state index in [4.69, 9.17) is 5.11 Å². The zero-order valence-corrected chi connectivity index (χ0v) is 12.0. The van der Waals surface area contributed by atoms with Crippen LogP contribution in [0, 0.1) is 11.6 Å². The predicted octanol–water partition coefficient (Wildman–Crippen LogP) is 2.52. The van der Waals surface area contributed by atoms with Crippen LogP contribution >= 0.6 is 11.8 Å². The molecule has 1 aromatic rings. The lowest BCUT2D eigenvalue weighted by Gasteiger charge is -2.20. The number of aliphatic carboxylic acids is 1. The number of nitrogens with zero attached hydrogens (tertiary/aromatic N) is 1. The van der Waals surface area contributed by atoms with Crippen LogP contribution in [0.3, 0.4) is 0 Å². The first-order valence-electron chi connectivity index (χ1n) is 6.56. The summed E-state index contributed by atoms with van der Waals surface area (Å²) in [4.78, 5) is 24.6. The number of carbonyl (C=O) groups excluding carboxylic acids is 1. The lowest BCUT2D eigenvalue weighted by molar-refractivity contribution is -0.144. The molecule has 0 radical (unpaired) electrons.